The van der Waals surface area contributed by atoms with E-state index < -0.39 is 0 Å². The number of hydrogen-bond acceptors (Lipinski definition) is 5. The molecule has 0 atom stereocenters. The van der Waals surface area contributed by atoms with Gasteiger partial charge in [0, 0.05) is 43.1 Å². The molecule has 0 bridgehead atoms. The molecule has 1 aliphatic carbocycles. The molecule has 0 aromatic heterocycles. The van der Waals surface area contributed by atoms with Crippen molar-refractivity contribution in [2.24, 2.45) is 17.8 Å². The molecule has 1 heterocycles. The van der Waals surface area contributed by atoms with E-state index in [2.05, 4.69) is 12.2 Å². The summed E-state index contributed by atoms with van der Waals surface area (Å²) in [6, 6.07) is 6.81. The molecule has 180 valence electrons. The maximum atomic E-state index is 12.8. The third kappa shape index (κ3) is 7.14. The molecule has 0 spiro atoms. The average molecular weight is 457 g/mol. The van der Waals surface area contributed by atoms with Crippen LogP contribution in [0, 0.1) is 17.8 Å². The Bertz CT molecular complexity index is 835. The standard InChI is InChI=1S/C26H36N2O5/c1-3-33-26(32)21-14-16-28(17-15-21)25(31)20-8-10-22(11-9-20)27-24(30)13-12-23(29)19-6-4-18(2)5-7-19/h8-11,18-19,21H,3-7,12-17H2,1-2H3,(H,27,30). The van der Waals surface area contributed by atoms with Crippen molar-refractivity contribution in [1.82, 2.24) is 4.90 Å². The molecule has 1 aliphatic heterocycles. The van der Waals surface area contributed by atoms with Crippen molar-refractivity contribution in [3.05, 3.63) is 29.8 Å². The third-order valence-corrected chi connectivity index (χ3v) is 6.89. The fraction of sp³-hybridized carbons (Fsp3) is 0.615. The van der Waals surface area contributed by atoms with E-state index >= 15 is 0 Å². The zero-order valence-electron chi connectivity index (χ0n) is 19.8. The number of ketones is 1. The van der Waals surface area contributed by atoms with Gasteiger partial charge in [0.15, 0.2) is 0 Å². The smallest absolute Gasteiger partial charge is 0.309 e. The fourth-order valence-corrected chi connectivity index (χ4v) is 4.70. The fourth-order valence-electron chi connectivity index (χ4n) is 4.70. The van der Waals surface area contributed by atoms with Crippen LogP contribution in [-0.4, -0.2) is 48.2 Å². The Kier molecular flexibility index (Phi) is 9.03. The predicted molar refractivity (Wildman–Crippen MR) is 126 cm³/mol. The Morgan fingerprint density at radius 2 is 1.55 bits per heavy atom. The van der Waals surface area contributed by atoms with E-state index in [9.17, 15) is 19.2 Å². The van der Waals surface area contributed by atoms with E-state index in [1.807, 2.05) is 0 Å². The molecule has 33 heavy (non-hydrogen) atoms. The van der Waals surface area contributed by atoms with Crippen molar-refractivity contribution in [1.29, 1.82) is 0 Å². The summed E-state index contributed by atoms with van der Waals surface area (Å²) in [5.74, 6) is 0.421. The van der Waals surface area contributed by atoms with Crippen LogP contribution < -0.4 is 5.32 Å². The predicted octanol–water partition coefficient (Wildman–Crippen LogP) is 4.22. The Balaban J connectivity index is 1.42. The van der Waals surface area contributed by atoms with Gasteiger partial charge in [0.2, 0.25) is 5.91 Å². The van der Waals surface area contributed by atoms with Crippen molar-refractivity contribution in [2.75, 3.05) is 25.0 Å². The van der Waals surface area contributed by atoms with Crippen molar-refractivity contribution >= 4 is 29.3 Å². The quantitative estimate of drug-likeness (QED) is 0.592. The maximum absolute atomic E-state index is 12.8. The Morgan fingerprint density at radius 1 is 0.909 bits per heavy atom. The Hall–Kier alpha value is -2.70. The third-order valence-electron chi connectivity index (χ3n) is 6.89. The number of benzene rings is 1. The highest BCUT2D eigenvalue weighted by Crippen LogP contribution is 2.29. The molecule has 1 saturated carbocycles. The minimum absolute atomic E-state index is 0.0809. The first-order valence-electron chi connectivity index (χ1n) is 12.3. The van der Waals surface area contributed by atoms with Crippen LogP contribution in [0.1, 0.15) is 75.6 Å². The number of rotatable bonds is 8. The molecule has 1 aromatic rings. The zero-order valence-corrected chi connectivity index (χ0v) is 19.8. The number of likely N-dealkylation sites (tertiary alicyclic amines) is 1. The second-order valence-corrected chi connectivity index (χ2v) is 9.37. The molecule has 0 radical (unpaired) electrons. The molecule has 1 saturated heterocycles. The molecule has 2 aliphatic rings. The number of hydrogen-bond donors (Lipinski definition) is 1. The molecular weight excluding hydrogens is 420 g/mol. The summed E-state index contributed by atoms with van der Waals surface area (Å²) in [5, 5.41) is 2.82. The first-order chi connectivity index (χ1) is 15.9. The summed E-state index contributed by atoms with van der Waals surface area (Å²) >= 11 is 0. The summed E-state index contributed by atoms with van der Waals surface area (Å²) in [5.41, 5.74) is 1.15. The highest BCUT2D eigenvalue weighted by Gasteiger charge is 2.28. The second-order valence-electron chi connectivity index (χ2n) is 9.37. The van der Waals surface area contributed by atoms with Gasteiger partial charge in [-0.1, -0.05) is 19.8 Å². The number of Topliss-reactive ketones (excluding diaryl/α,β-unsaturated/α-hetero) is 1. The summed E-state index contributed by atoms with van der Waals surface area (Å²) in [7, 11) is 0. The van der Waals surface area contributed by atoms with Crippen LogP contribution in [0.5, 0.6) is 0 Å². The molecule has 0 unspecified atom stereocenters. The van der Waals surface area contributed by atoms with E-state index in [1.165, 1.54) is 0 Å². The summed E-state index contributed by atoms with van der Waals surface area (Å²) in [6.45, 7) is 5.43. The maximum Gasteiger partial charge on any atom is 0.309 e. The highest BCUT2D eigenvalue weighted by molar-refractivity contribution is 5.96. The highest BCUT2D eigenvalue weighted by atomic mass is 16.5. The average Bonchev–Trinajstić information content (AvgIpc) is 2.83. The number of amides is 2. The Labute approximate surface area is 196 Å². The van der Waals surface area contributed by atoms with Gasteiger partial charge in [-0.15, -0.1) is 0 Å². The van der Waals surface area contributed by atoms with E-state index in [1.54, 1.807) is 36.1 Å². The largest absolute Gasteiger partial charge is 0.466 e. The molecule has 7 heteroatoms. The number of esters is 1. The topological polar surface area (TPSA) is 92.8 Å². The van der Waals surface area contributed by atoms with E-state index in [-0.39, 0.29) is 48.2 Å². The van der Waals surface area contributed by atoms with E-state index in [0.29, 0.717) is 49.7 Å². The van der Waals surface area contributed by atoms with Crippen LogP contribution in [0.3, 0.4) is 0 Å². The van der Waals surface area contributed by atoms with Gasteiger partial charge in [-0.2, -0.15) is 0 Å². The monoisotopic (exact) mass is 456 g/mol. The van der Waals surface area contributed by atoms with Gasteiger partial charge in [-0.05, 0) is 62.8 Å². The molecule has 7 nitrogen and oxygen atoms in total. The normalized spacial score (nSPS) is 21.3. The van der Waals surface area contributed by atoms with Gasteiger partial charge in [-0.3, -0.25) is 19.2 Å². The molecular formula is C26H36N2O5. The number of nitrogens with zero attached hydrogens (tertiary/aromatic N) is 1. The SMILES string of the molecule is CCOC(=O)C1CCN(C(=O)c2ccc(NC(=O)CCC(=O)C3CCC(C)CC3)cc2)CC1. The van der Waals surface area contributed by atoms with Crippen molar-refractivity contribution in [3.8, 4) is 0 Å². The van der Waals surface area contributed by atoms with Gasteiger partial charge in [0.05, 0.1) is 12.5 Å². The molecule has 3 rings (SSSR count). The second kappa shape index (κ2) is 12.0. The summed E-state index contributed by atoms with van der Waals surface area (Å²) < 4.78 is 5.08. The number of ether oxygens (including phenoxy) is 1. The van der Waals surface area contributed by atoms with Gasteiger partial charge in [0.25, 0.3) is 5.91 Å². The van der Waals surface area contributed by atoms with Crippen LogP contribution >= 0.6 is 0 Å². The molecule has 2 amide bonds. The van der Waals surface area contributed by atoms with Gasteiger partial charge in [-0.25, -0.2) is 0 Å². The van der Waals surface area contributed by atoms with Crippen LogP contribution in [0.25, 0.3) is 0 Å². The molecule has 1 aromatic carbocycles. The first kappa shape index (κ1) is 24.9. The van der Waals surface area contributed by atoms with Crippen LogP contribution in [0.15, 0.2) is 24.3 Å². The van der Waals surface area contributed by atoms with Crippen molar-refractivity contribution in [3.63, 3.8) is 0 Å². The zero-order chi connectivity index (χ0) is 23.8. The minimum atomic E-state index is -0.187. The summed E-state index contributed by atoms with van der Waals surface area (Å²) in [6.07, 6.45) is 5.75. The van der Waals surface area contributed by atoms with E-state index in [4.69, 9.17) is 4.74 Å². The van der Waals surface area contributed by atoms with Crippen LogP contribution in [0.2, 0.25) is 0 Å². The summed E-state index contributed by atoms with van der Waals surface area (Å²) in [4.78, 5) is 51.0. The first-order valence-corrected chi connectivity index (χ1v) is 12.3. The van der Waals surface area contributed by atoms with Crippen molar-refractivity contribution < 1.29 is 23.9 Å². The van der Waals surface area contributed by atoms with Crippen molar-refractivity contribution in [2.45, 2.75) is 65.2 Å². The molecule has 1 N–H and O–H groups in total. The van der Waals surface area contributed by atoms with Gasteiger partial charge in [0.1, 0.15) is 5.78 Å². The number of anilines is 1. The lowest BCUT2D eigenvalue weighted by molar-refractivity contribution is -0.149. The molecule has 2 fully saturated rings. The lowest BCUT2D eigenvalue weighted by Gasteiger charge is -2.31. The number of piperidine rings is 1. The van der Waals surface area contributed by atoms with Crippen LogP contribution in [0.4, 0.5) is 5.69 Å². The number of carbonyl (C=O) groups excluding carboxylic acids is 4. The minimum Gasteiger partial charge on any atom is -0.466 e. The van der Waals surface area contributed by atoms with Crippen LogP contribution in [-0.2, 0) is 19.1 Å². The lowest BCUT2D eigenvalue weighted by Crippen LogP contribution is -2.40. The van der Waals surface area contributed by atoms with E-state index in [0.717, 1.165) is 25.7 Å². The van der Waals surface area contributed by atoms with Gasteiger partial charge >= 0.3 is 5.97 Å². The Morgan fingerprint density at radius 3 is 2.15 bits per heavy atom. The lowest BCUT2D eigenvalue weighted by atomic mass is 9.80. The number of carbonyl (C=O) groups is 4. The van der Waals surface area contributed by atoms with Gasteiger partial charge < -0.3 is 15.0 Å². The number of nitrogens with one attached hydrogen (secondary N) is 1.